The molecule has 2 unspecified atom stereocenters. The van der Waals surface area contributed by atoms with Crippen molar-refractivity contribution in [2.45, 2.75) is 31.3 Å². The van der Waals surface area contributed by atoms with E-state index in [4.69, 9.17) is 9.47 Å². The molecule has 0 bridgehead atoms. The molecule has 172 valence electrons. The maximum Gasteiger partial charge on any atom is 0.150 e. The summed E-state index contributed by atoms with van der Waals surface area (Å²) in [6, 6.07) is 11.1. The Morgan fingerprint density at radius 1 is 1.24 bits per heavy atom. The van der Waals surface area contributed by atoms with Gasteiger partial charge in [-0.2, -0.15) is 0 Å². The van der Waals surface area contributed by atoms with Gasteiger partial charge in [-0.25, -0.2) is 9.37 Å². The maximum atomic E-state index is 14.7. The van der Waals surface area contributed by atoms with Crippen molar-refractivity contribution in [1.29, 1.82) is 0 Å². The second-order valence-electron chi connectivity index (χ2n) is 7.82. The number of aliphatic hydroxyl groups is 3. The first-order chi connectivity index (χ1) is 16.0. The Bertz CT molecular complexity index is 1150. The van der Waals surface area contributed by atoms with Crippen LogP contribution in [0.4, 0.5) is 4.39 Å². The van der Waals surface area contributed by atoms with Crippen LogP contribution >= 0.6 is 0 Å². The number of hydrogen-bond acceptors (Lipinski definition) is 6. The lowest BCUT2D eigenvalue weighted by molar-refractivity contribution is 0.0731. The van der Waals surface area contributed by atoms with Crippen LogP contribution in [0.25, 0.3) is 11.1 Å². The van der Waals surface area contributed by atoms with Crippen molar-refractivity contribution < 1.29 is 29.2 Å². The summed E-state index contributed by atoms with van der Waals surface area (Å²) in [6.07, 6.45) is 1.21. The summed E-state index contributed by atoms with van der Waals surface area (Å²) >= 11 is 0. The lowest BCUT2D eigenvalue weighted by atomic mass is 10.0. The van der Waals surface area contributed by atoms with Crippen LogP contribution in [0.2, 0.25) is 0 Å². The van der Waals surface area contributed by atoms with Crippen LogP contribution in [-0.2, 0) is 4.74 Å². The van der Waals surface area contributed by atoms with Gasteiger partial charge >= 0.3 is 0 Å². The number of nitrogens with zero attached hydrogens (tertiary/aromatic N) is 2. The molecule has 1 aliphatic rings. The molecule has 3 N–H and O–H groups in total. The highest BCUT2D eigenvalue weighted by Crippen LogP contribution is 2.28. The van der Waals surface area contributed by atoms with Crippen molar-refractivity contribution in [2.24, 2.45) is 0 Å². The summed E-state index contributed by atoms with van der Waals surface area (Å²) in [6.45, 7) is 1.85. The summed E-state index contributed by atoms with van der Waals surface area (Å²) in [5.74, 6) is 6.32. The Kier molecular flexibility index (Phi) is 7.06. The topological polar surface area (TPSA) is 97.0 Å². The van der Waals surface area contributed by atoms with Crippen molar-refractivity contribution in [2.75, 3.05) is 19.8 Å². The molecule has 1 aliphatic heterocycles. The van der Waals surface area contributed by atoms with Gasteiger partial charge < -0.3 is 29.4 Å². The molecule has 4 rings (SSSR count). The molecule has 1 saturated heterocycles. The summed E-state index contributed by atoms with van der Waals surface area (Å²) in [7, 11) is 0. The monoisotopic (exact) mass is 452 g/mol. The lowest BCUT2D eigenvalue weighted by Crippen LogP contribution is -2.29. The molecular formula is C25H25FN2O5. The van der Waals surface area contributed by atoms with E-state index in [9.17, 15) is 19.7 Å². The number of benzene rings is 2. The molecule has 0 aliphatic carbocycles. The number of hydrogen-bond donors (Lipinski definition) is 3. The van der Waals surface area contributed by atoms with Gasteiger partial charge in [-0.3, -0.25) is 0 Å². The van der Waals surface area contributed by atoms with Crippen molar-refractivity contribution in [3.8, 4) is 28.7 Å². The van der Waals surface area contributed by atoms with E-state index in [0.717, 1.165) is 0 Å². The number of ether oxygens (including phenoxy) is 2. The first-order valence-corrected chi connectivity index (χ1v) is 10.6. The smallest absolute Gasteiger partial charge is 0.150 e. The van der Waals surface area contributed by atoms with E-state index in [1.807, 2.05) is 0 Å². The first kappa shape index (κ1) is 23.0. The van der Waals surface area contributed by atoms with E-state index in [0.29, 0.717) is 28.3 Å². The maximum absolute atomic E-state index is 14.7. The van der Waals surface area contributed by atoms with Crippen LogP contribution in [0.3, 0.4) is 0 Å². The quantitative estimate of drug-likeness (QED) is 0.498. The number of rotatable bonds is 6. The zero-order valence-corrected chi connectivity index (χ0v) is 18.1. The van der Waals surface area contributed by atoms with E-state index in [1.54, 1.807) is 60.3 Å². The largest absolute Gasteiger partial charge is 0.485 e. The fraction of sp³-hybridized carbons (Fsp3) is 0.320. The van der Waals surface area contributed by atoms with Gasteiger partial charge in [-0.1, -0.05) is 24.0 Å². The first-order valence-electron chi connectivity index (χ1n) is 10.6. The molecule has 2 aromatic carbocycles. The standard InChI is InChI=1S/C25H25FN2O5/c1-16(30)25-27-10-11-28(25)19(13-29)7-4-17-2-5-18(6-3-17)21-9-8-20(12-22(21)26)33-24-15-32-14-23(24)31/h2-3,5-6,8-12,16,19,23-24,29-31H,13-15H2,1H3/t16?,19-,23+,24?/m0/s1. The molecule has 1 aromatic heterocycles. The van der Waals surface area contributed by atoms with Gasteiger partial charge in [0.05, 0.1) is 19.8 Å². The summed E-state index contributed by atoms with van der Waals surface area (Å²) in [4.78, 5) is 4.10. The van der Waals surface area contributed by atoms with E-state index < -0.39 is 30.2 Å². The number of imidazole rings is 1. The fourth-order valence-corrected chi connectivity index (χ4v) is 3.63. The van der Waals surface area contributed by atoms with Gasteiger partial charge in [0, 0.05) is 29.6 Å². The highest BCUT2D eigenvalue weighted by Gasteiger charge is 2.28. The zero-order chi connectivity index (χ0) is 23.4. The van der Waals surface area contributed by atoms with E-state index in [1.165, 1.54) is 6.07 Å². The van der Waals surface area contributed by atoms with Crippen LogP contribution in [0.5, 0.6) is 5.75 Å². The van der Waals surface area contributed by atoms with Crippen LogP contribution in [0.15, 0.2) is 54.9 Å². The molecule has 0 saturated carbocycles. The predicted molar refractivity (Wildman–Crippen MR) is 119 cm³/mol. The normalized spacial score (nSPS) is 19.5. The second kappa shape index (κ2) is 10.1. The van der Waals surface area contributed by atoms with Gasteiger partial charge in [-0.15, -0.1) is 0 Å². The number of aromatic nitrogens is 2. The number of aliphatic hydroxyl groups excluding tert-OH is 3. The van der Waals surface area contributed by atoms with Gasteiger partial charge in [-0.05, 0) is 36.8 Å². The Balaban J connectivity index is 1.48. The Morgan fingerprint density at radius 3 is 2.67 bits per heavy atom. The third-order valence-corrected chi connectivity index (χ3v) is 5.39. The third kappa shape index (κ3) is 5.24. The summed E-state index contributed by atoms with van der Waals surface area (Å²) < 4.78 is 27.1. The second-order valence-corrected chi connectivity index (χ2v) is 7.82. The summed E-state index contributed by atoms with van der Waals surface area (Å²) in [5.41, 5.74) is 1.79. The minimum atomic E-state index is -0.779. The van der Waals surface area contributed by atoms with E-state index in [-0.39, 0.29) is 19.8 Å². The van der Waals surface area contributed by atoms with E-state index >= 15 is 0 Å². The average molecular weight is 452 g/mol. The third-order valence-electron chi connectivity index (χ3n) is 5.39. The minimum absolute atomic E-state index is 0.212. The van der Waals surface area contributed by atoms with Crippen LogP contribution in [0, 0.1) is 17.7 Å². The van der Waals surface area contributed by atoms with Crippen molar-refractivity contribution >= 4 is 0 Å². The van der Waals surface area contributed by atoms with E-state index in [2.05, 4.69) is 16.8 Å². The van der Waals surface area contributed by atoms with Crippen molar-refractivity contribution in [3.63, 3.8) is 0 Å². The van der Waals surface area contributed by atoms with Crippen molar-refractivity contribution in [3.05, 3.63) is 72.1 Å². The van der Waals surface area contributed by atoms with Crippen LogP contribution < -0.4 is 4.74 Å². The molecular weight excluding hydrogens is 427 g/mol. The molecule has 0 radical (unpaired) electrons. The van der Waals surface area contributed by atoms with Gasteiger partial charge in [0.15, 0.2) is 0 Å². The van der Waals surface area contributed by atoms with Crippen molar-refractivity contribution in [1.82, 2.24) is 9.55 Å². The molecule has 33 heavy (non-hydrogen) atoms. The van der Waals surface area contributed by atoms with Crippen LogP contribution in [0.1, 0.15) is 30.5 Å². The van der Waals surface area contributed by atoms with Gasteiger partial charge in [0.1, 0.15) is 41.7 Å². The summed E-state index contributed by atoms with van der Waals surface area (Å²) in [5, 5.41) is 29.3. The molecule has 0 spiro atoms. The molecule has 1 fully saturated rings. The highest BCUT2D eigenvalue weighted by atomic mass is 19.1. The molecule has 0 amide bonds. The highest BCUT2D eigenvalue weighted by molar-refractivity contribution is 5.66. The molecule has 4 atom stereocenters. The fourth-order valence-electron chi connectivity index (χ4n) is 3.63. The molecule has 3 aromatic rings. The molecule has 7 nitrogen and oxygen atoms in total. The van der Waals surface area contributed by atoms with Gasteiger partial charge in [0.2, 0.25) is 0 Å². The zero-order valence-electron chi connectivity index (χ0n) is 18.1. The molecule has 8 heteroatoms. The van der Waals surface area contributed by atoms with Crippen LogP contribution in [-0.4, -0.2) is 56.9 Å². The SMILES string of the molecule is CC(O)c1nccn1[C@@H](C#Cc1ccc(-c2ccc(OC3COC[C@H]3O)cc2F)cc1)CO. The molecule has 2 heterocycles. The Labute approximate surface area is 191 Å². The van der Waals surface area contributed by atoms with Gasteiger partial charge in [0.25, 0.3) is 0 Å². The minimum Gasteiger partial charge on any atom is -0.485 e. The number of halogens is 1. The average Bonchev–Trinajstić information content (AvgIpc) is 3.45. The lowest BCUT2D eigenvalue weighted by Gasteiger charge is -2.16. The predicted octanol–water partition coefficient (Wildman–Crippen LogP) is 2.47. The Hall–Kier alpha value is -3.22. The Morgan fingerprint density at radius 2 is 2.03 bits per heavy atom.